The Bertz CT molecular complexity index is 778. The van der Waals surface area contributed by atoms with Crippen LogP contribution in [0.1, 0.15) is 138 Å². The van der Waals surface area contributed by atoms with Crippen molar-refractivity contribution in [1.82, 2.24) is 0 Å². The largest absolute Gasteiger partial charge is 0.460 e. The molecule has 0 bridgehead atoms. The Morgan fingerprint density at radius 3 is 2.38 bits per heavy atom. The van der Waals surface area contributed by atoms with E-state index in [1.807, 2.05) is 13.8 Å². The van der Waals surface area contributed by atoms with E-state index >= 15 is 0 Å². The first-order valence-electron chi connectivity index (χ1n) is 16.0. The summed E-state index contributed by atoms with van der Waals surface area (Å²) in [5.41, 5.74) is 6.09. The zero-order chi connectivity index (χ0) is 26.9. The molecule has 0 radical (unpaired) electrons. The number of rotatable bonds is 11. The fourth-order valence-corrected chi connectivity index (χ4v) is 9.77. The van der Waals surface area contributed by atoms with Gasteiger partial charge in [-0.05, 0) is 145 Å². The summed E-state index contributed by atoms with van der Waals surface area (Å²) in [5, 5.41) is 0. The Morgan fingerprint density at radius 2 is 1.62 bits per heavy atom. The molecule has 37 heavy (non-hydrogen) atoms. The van der Waals surface area contributed by atoms with Crippen LogP contribution in [0, 0.1) is 40.4 Å². The molecule has 7 atom stereocenters. The zero-order valence-electron chi connectivity index (χ0n) is 25.2. The molecule has 4 saturated carbocycles. The van der Waals surface area contributed by atoms with E-state index < -0.39 is 5.60 Å². The molecule has 4 aliphatic rings. The highest BCUT2D eigenvalue weighted by molar-refractivity contribution is 5.69. The zero-order valence-corrected chi connectivity index (χ0v) is 25.2. The minimum absolute atomic E-state index is 0.0434. The first-order valence-corrected chi connectivity index (χ1v) is 16.0. The van der Waals surface area contributed by atoms with Gasteiger partial charge in [0.1, 0.15) is 5.60 Å². The standard InChI is InChI=1S/C33H59NO3/c1-30(2,20-22-34)36-23-21-31(3,4)37-29(35)12-9-11-25-14-16-27-26-15-13-24-10-7-8-18-32(24,5)28(26)17-19-33(25,27)6/h24-28H,7-23,34H2,1-6H3/t24-,25?,26?,27?,28?,32-,33+/m0/s1. The lowest BCUT2D eigenvalue weighted by Gasteiger charge is -2.60. The van der Waals surface area contributed by atoms with Crippen molar-refractivity contribution in [2.75, 3.05) is 13.2 Å². The fourth-order valence-electron chi connectivity index (χ4n) is 9.77. The third-order valence-corrected chi connectivity index (χ3v) is 12.0. The van der Waals surface area contributed by atoms with E-state index in [4.69, 9.17) is 15.2 Å². The maximum atomic E-state index is 12.7. The van der Waals surface area contributed by atoms with Gasteiger partial charge in [0.2, 0.25) is 0 Å². The second-order valence-electron chi connectivity index (χ2n) is 15.2. The first kappa shape index (κ1) is 29.4. The summed E-state index contributed by atoms with van der Waals surface area (Å²) in [7, 11) is 0. The molecule has 214 valence electrons. The monoisotopic (exact) mass is 517 g/mol. The molecule has 0 spiro atoms. The van der Waals surface area contributed by atoms with Crippen molar-refractivity contribution in [3.05, 3.63) is 0 Å². The molecular formula is C33H59NO3. The van der Waals surface area contributed by atoms with Crippen molar-refractivity contribution in [2.45, 2.75) is 149 Å². The van der Waals surface area contributed by atoms with Crippen LogP contribution in [0.2, 0.25) is 0 Å². The SMILES string of the molecule is CC(C)(CCN)OCCC(C)(C)OC(=O)CCCC1CCC2C3CC[C@@H]4CCCC[C@]4(C)C3CC[C@]12C. The van der Waals surface area contributed by atoms with Gasteiger partial charge < -0.3 is 15.2 Å². The summed E-state index contributed by atoms with van der Waals surface area (Å²) >= 11 is 0. The quantitative estimate of drug-likeness (QED) is 0.282. The minimum atomic E-state index is -0.493. The summed E-state index contributed by atoms with van der Waals surface area (Å²) in [5.74, 6) is 4.61. The molecule has 0 amide bonds. The lowest BCUT2D eigenvalue weighted by Crippen LogP contribution is -2.52. The van der Waals surface area contributed by atoms with Crippen LogP contribution >= 0.6 is 0 Å². The highest BCUT2D eigenvalue weighted by Gasteiger charge is 2.59. The second kappa shape index (κ2) is 11.5. The summed E-state index contributed by atoms with van der Waals surface area (Å²) in [4.78, 5) is 12.7. The first-order chi connectivity index (χ1) is 17.4. The second-order valence-corrected chi connectivity index (χ2v) is 15.2. The van der Waals surface area contributed by atoms with Gasteiger partial charge in [-0.15, -0.1) is 0 Å². The summed E-state index contributed by atoms with van der Waals surface area (Å²) in [6.07, 6.45) is 18.8. The molecule has 4 aliphatic carbocycles. The predicted molar refractivity (Wildman–Crippen MR) is 152 cm³/mol. The van der Waals surface area contributed by atoms with E-state index in [1.165, 1.54) is 70.6 Å². The van der Waals surface area contributed by atoms with Crippen LogP contribution in [0.15, 0.2) is 0 Å². The minimum Gasteiger partial charge on any atom is -0.460 e. The molecule has 4 heteroatoms. The maximum absolute atomic E-state index is 12.7. The molecule has 0 heterocycles. The van der Waals surface area contributed by atoms with E-state index in [0.717, 1.165) is 42.4 Å². The average Bonchev–Trinajstić information content (AvgIpc) is 3.14. The Labute approximate surface area is 228 Å². The number of hydrogen-bond acceptors (Lipinski definition) is 4. The fraction of sp³-hybridized carbons (Fsp3) is 0.970. The Morgan fingerprint density at radius 1 is 0.865 bits per heavy atom. The number of ether oxygens (including phenoxy) is 2. The molecule has 0 aromatic heterocycles. The molecule has 4 nitrogen and oxygen atoms in total. The predicted octanol–water partition coefficient (Wildman–Crippen LogP) is 8.06. The van der Waals surface area contributed by atoms with Crippen molar-refractivity contribution in [3.8, 4) is 0 Å². The van der Waals surface area contributed by atoms with Crippen LogP contribution < -0.4 is 5.73 Å². The molecular weight excluding hydrogens is 458 g/mol. The molecule has 0 aromatic carbocycles. The lowest BCUT2D eigenvalue weighted by molar-refractivity contribution is -0.159. The van der Waals surface area contributed by atoms with Crippen LogP contribution in [0.25, 0.3) is 0 Å². The van der Waals surface area contributed by atoms with Gasteiger partial charge in [0.15, 0.2) is 0 Å². The number of nitrogens with two attached hydrogens (primary N) is 1. The van der Waals surface area contributed by atoms with E-state index in [-0.39, 0.29) is 11.6 Å². The van der Waals surface area contributed by atoms with Crippen LogP contribution in [-0.2, 0) is 14.3 Å². The number of fused-ring (bicyclic) bond motifs is 5. The topological polar surface area (TPSA) is 61.6 Å². The van der Waals surface area contributed by atoms with E-state index in [1.54, 1.807) is 0 Å². The van der Waals surface area contributed by atoms with Gasteiger partial charge in [-0.25, -0.2) is 0 Å². The normalized spacial score (nSPS) is 38.0. The van der Waals surface area contributed by atoms with Crippen molar-refractivity contribution >= 4 is 5.97 Å². The molecule has 0 aliphatic heterocycles. The van der Waals surface area contributed by atoms with Crippen LogP contribution in [0.4, 0.5) is 0 Å². The average molecular weight is 518 g/mol. The van der Waals surface area contributed by atoms with Gasteiger partial charge in [-0.1, -0.05) is 26.7 Å². The van der Waals surface area contributed by atoms with E-state index in [9.17, 15) is 4.79 Å². The number of carbonyl (C=O) groups is 1. The van der Waals surface area contributed by atoms with Gasteiger partial charge in [0.25, 0.3) is 0 Å². The third-order valence-electron chi connectivity index (χ3n) is 12.0. The van der Waals surface area contributed by atoms with E-state index in [0.29, 0.717) is 36.8 Å². The highest BCUT2D eigenvalue weighted by Crippen LogP contribution is 2.67. The van der Waals surface area contributed by atoms with Crippen LogP contribution in [0.3, 0.4) is 0 Å². The molecule has 4 unspecified atom stereocenters. The third kappa shape index (κ3) is 6.42. The van der Waals surface area contributed by atoms with E-state index in [2.05, 4.69) is 27.7 Å². The summed E-state index contributed by atoms with van der Waals surface area (Å²) in [6, 6.07) is 0. The van der Waals surface area contributed by atoms with Gasteiger partial charge in [-0.2, -0.15) is 0 Å². The Balaban J connectivity index is 1.23. The van der Waals surface area contributed by atoms with Gasteiger partial charge in [-0.3, -0.25) is 4.79 Å². The van der Waals surface area contributed by atoms with Gasteiger partial charge >= 0.3 is 5.97 Å². The molecule has 0 aromatic rings. The van der Waals surface area contributed by atoms with Crippen molar-refractivity contribution < 1.29 is 14.3 Å². The van der Waals surface area contributed by atoms with Crippen LogP contribution in [-0.4, -0.2) is 30.3 Å². The van der Waals surface area contributed by atoms with Crippen molar-refractivity contribution in [1.29, 1.82) is 0 Å². The molecule has 0 saturated heterocycles. The number of esters is 1. The Kier molecular flexibility index (Phi) is 9.11. The van der Waals surface area contributed by atoms with Crippen molar-refractivity contribution in [3.63, 3.8) is 0 Å². The number of hydrogen-bond donors (Lipinski definition) is 1. The Hall–Kier alpha value is -0.610. The van der Waals surface area contributed by atoms with Gasteiger partial charge in [0, 0.05) is 12.8 Å². The smallest absolute Gasteiger partial charge is 0.306 e. The molecule has 4 rings (SSSR count). The number of carbonyl (C=O) groups excluding carboxylic acids is 1. The summed E-state index contributed by atoms with van der Waals surface area (Å²) in [6.45, 7) is 14.7. The lowest BCUT2D eigenvalue weighted by atomic mass is 9.45. The molecule has 4 fully saturated rings. The maximum Gasteiger partial charge on any atom is 0.306 e. The van der Waals surface area contributed by atoms with Crippen molar-refractivity contribution in [2.24, 2.45) is 46.2 Å². The molecule has 2 N–H and O–H groups in total. The summed E-state index contributed by atoms with van der Waals surface area (Å²) < 4.78 is 11.9. The van der Waals surface area contributed by atoms with Gasteiger partial charge in [0.05, 0.1) is 12.2 Å². The highest BCUT2D eigenvalue weighted by atomic mass is 16.6. The van der Waals surface area contributed by atoms with Crippen LogP contribution in [0.5, 0.6) is 0 Å².